The number of carbonyl (C=O) groups is 1. The highest BCUT2D eigenvalue weighted by Crippen LogP contribution is 2.29. The molecule has 0 spiro atoms. The Hall–Kier alpha value is -0.870. The lowest BCUT2D eigenvalue weighted by Crippen LogP contribution is -2.42. The molecule has 0 aromatic heterocycles. The molecule has 0 amide bonds. The second-order valence-corrected chi connectivity index (χ2v) is 5.09. The number of carboxylic acids is 1. The molecule has 1 aromatic rings. The highest BCUT2D eigenvalue weighted by Gasteiger charge is 2.26. The molecule has 2 rings (SSSR count). The molecule has 3 nitrogen and oxygen atoms in total. The van der Waals surface area contributed by atoms with E-state index in [-0.39, 0.29) is 0 Å². The minimum atomic E-state index is -0.775. The Morgan fingerprint density at radius 1 is 1.50 bits per heavy atom. The fraction of sp³-hybridized carbons (Fsp3) is 0.417. The van der Waals surface area contributed by atoms with Crippen molar-refractivity contribution in [3.63, 3.8) is 0 Å². The van der Waals surface area contributed by atoms with Crippen LogP contribution in [0.2, 0.25) is 0 Å². The molecule has 16 heavy (non-hydrogen) atoms. The fourth-order valence-electron chi connectivity index (χ4n) is 2.19. The molecule has 1 atom stereocenters. The van der Waals surface area contributed by atoms with Gasteiger partial charge in [-0.15, -0.1) is 0 Å². The van der Waals surface area contributed by atoms with Crippen LogP contribution < -0.4 is 5.32 Å². The minimum absolute atomic E-state index is 0.458. The van der Waals surface area contributed by atoms with Gasteiger partial charge in [0.25, 0.3) is 0 Å². The molecule has 0 fully saturated rings. The van der Waals surface area contributed by atoms with E-state index in [0.29, 0.717) is 13.0 Å². The number of halogens is 1. The van der Waals surface area contributed by atoms with Crippen LogP contribution in [0.15, 0.2) is 10.5 Å². The van der Waals surface area contributed by atoms with Crippen LogP contribution in [0, 0.1) is 13.8 Å². The summed E-state index contributed by atoms with van der Waals surface area (Å²) in [6.07, 6.45) is 0.566. The molecule has 0 radical (unpaired) electrons. The molecular formula is C12H14BrNO2. The van der Waals surface area contributed by atoms with Gasteiger partial charge in [-0.1, -0.05) is 15.9 Å². The second-order valence-electron chi connectivity index (χ2n) is 4.23. The fourth-order valence-corrected chi connectivity index (χ4v) is 2.78. The molecule has 2 N–H and O–H groups in total. The summed E-state index contributed by atoms with van der Waals surface area (Å²) in [7, 11) is 0. The lowest BCUT2D eigenvalue weighted by molar-refractivity contribution is -0.139. The van der Waals surface area contributed by atoms with Crippen molar-refractivity contribution in [3.8, 4) is 0 Å². The predicted octanol–water partition coefficient (Wildman–Crippen LogP) is 2.16. The Balaban J connectivity index is 2.48. The lowest BCUT2D eigenvalue weighted by atomic mass is 9.89. The molecule has 0 aliphatic carbocycles. The van der Waals surface area contributed by atoms with Crippen LogP contribution in [0.25, 0.3) is 0 Å². The third kappa shape index (κ3) is 1.87. The molecule has 1 unspecified atom stereocenters. The Bertz CT molecular complexity index is 457. The maximum absolute atomic E-state index is 11.0. The Morgan fingerprint density at radius 2 is 2.19 bits per heavy atom. The standard InChI is InChI=1S/C12H14BrNO2/c1-6-3-10(13)7(2)8-4-11(12(15)16)14-5-9(6)8/h3,11,14H,4-5H2,1-2H3,(H,15,16). The minimum Gasteiger partial charge on any atom is -0.480 e. The third-order valence-electron chi connectivity index (χ3n) is 3.23. The van der Waals surface area contributed by atoms with E-state index in [1.165, 1.54) is 16.7 Å². The number of hydrogen-bond acceptors (Lipinski definition) is 2. The van der Waals surface area contributed by atoms with Gasteiger partial charge in [0.1, 0.15) is 6.04 Å². The number of benzene rings is 1. The number of aryl methyl sites for hydroxylation is 1. The van der Waals surface area contributed by atoms with Crippen molar-refractivity contribution in [1.82, 2.24) is 5.32 Å². The first-order valence-electron chi connectivity index (χ1n) is 5.24. The number of rotatable bonds is 1. The molecule has 0 bridgehead atoms. The number of hydrogen-bond donors (Lipinski definition) is 2. The predicted molar refractivity (Wildman–Crippen MR) is 65.6 cm³/mol. The first-order chi connectivity index (χ1) is 7.50. The maximum Gasteiger partial charge on any atom is 0.321 e. The van der Waals surface area contributed by atoms with Gasteiger partial charge >= 0.3 is 5.97 Å². The first kappa shape index (κ1) is 11.6. The van der Waals surface area contributed by atoms with Crippen molar-refractivity contribution >= 4 is 21.9 Å². The third-order valence-corrected chi connectivity index (χ3v) is 4.05. The molecule has 1 aliphatic rings. The average molecular weight is 284 g/mol. The number of nitrogens with one attached hydrogen (secondary N) is 1. The second kappa shape index (κ2) is 4.18. The Kier molecular flexibility index (Phi) is 3.04. The van der Waals surface area contributed by atoms with E-state index in [2.05, 4.69) is 34.2 Å². The zero-order valence-corrected chi connectivity index (χ0v) is 10.9. The zero-order valence-electron chi connectivity index (χ0n) is 9.30. The molecular weight excluding hydrogens is 270 g/mol. The molecule has 0 saturated heterocycles. The van der Waals surface area contributed by atoms with Crippen molar-refractivity contribution in [2.45, 2.75) is 32.9 Å². The quantitative estimate of drug-likeness (QED) is 0.831. The topological polar surface area (TPSA) is 49.3 Å². The van der Waals surface area contributed by atoms with Gasteiger partial charge in [-0.3, -0.25) is 10.1 Å². The van der Waals surface area contributed by atoms with Crippen molar-refractivity contribution < 1.29 is 9.90 Å². The SMILES string of the molecule is Cc1cc(Br)c(C)c2c1CNC(C(=O)O)C2. The average Bonchev–Trinajstić information content (AvgIpc) is 2.25. The van der Waals surface area contributed by atoms with Crippen LogP contribution >= 0.6 is 15.9 Å². The summed E-state index contributed by atoms with van der Waals surface area (Å²) in [5.41, 5.74) is 4.80. The van der Waals surface area contributed by atoms with Gasteiger partial charge in [0.2, 0.25) is 0 Å². The Morgan fingerprint density at radius 3 is 2.81 bits per heavy atom. The smallest absolute Gasteiger partial charge is 0.321 e. The van der Waals surface area contributed by atoms with E-state index in [0.717, 1.165) is 10.0 Å². The van der Waals surface area contributed by atoms with Gasteiger partial charge < -0.3 is 5.11 Å². The lowest BCUT2D eigenvalue weighted by Gasteiger charge is -2.26. The summed E-state index contributed by atoms with van der Waals surface area (Å²) in [6, 6.07) is 1.64. The van der Waals surface area contributed by atoms with E-state index >= 15 is 0 Å². The van der Waals surface area contributed by atoms with Crippen molar-refractivity contribution in [2.24, 2.45) is 0 Å². The molecule has 1 aliphatic heterocycles. The normalized spacial score (nSPS) is 19.3. The summed E-state index contributed by atoms with van der Waals surface area (Å²) >= 11 is 3.51. The van der Waals surface area contributed by atoms with Crippen molar-refractivity contribution in [3.05, 3.63) is 32.8 Å². The number of carboxylic acid groups (broad SMARTS) is 1. The maximum atomic E-state index is 11.0. The van der Waals surface area contributed by atoms with Gasteiger partial charge in [-0.2, -0.15) is 0 Å². The largest absolute Gasteiger partial charge is 0.480 e. The summed E-state index contributed by atoms with van der Waals surface area (Å²) < 4.78 is 1.06. The van der Waals surface area contributed by atoms with Crippen LogP contribution in [0.4, 0.5) is 0 Å². The van der Waals surface area contributed by atoms with Gasteiger partial charge in [0.15, 0.2) is 0 Å². The van der Waals surface area contributed by atoms with E-state index in [9.17, 15) is 4.79 Å². The molecule has 1 aromatic carbocycles. The first-order valence-corrected chi connectivity index (χ1v) is 6.03. The van der Waals surface area contributed by atoms with Gasteiger partial charge in [-0.25, -0.2) is 0 Å². The van der Waals surface area contributed by atoms with Crippen LogP contribution in [-0.4, -0.2) is 17.1 Å². The van der Waals surface area contributed by atoms with Crippen molar-refractivity contribution in [2.75, 3.05) is 0 Å². The van der Waals surface area contributed by atoms with Crippen LogP contribution in [0.5, 0.6) is 0 Å². The Labute approximate surface area is 103 Å². The van der Waals surface area contributed by atoms with E-state index in [4.69, 9.17) is 5.11 Å². The highest BCUT2D eigenvalue weighted by molar-refractivity contribution is 9.10. The number of fused-ring (bicyclic) bond motifs is 1. The van der Waals surface area contributed by atoms with Crippen LogP contribution in [-0.2, 0) is 17.8 Å². The van der Waals surface area contributed by atoms with Gasteiger partial charge in [-0.05, 0) is 48.6 Å². The monoisotopic (exact) mass is 283 g/mol. The summed E-state index contributed by atoms with van der Waals surface area (Å²) in [5, 5.41) is 12.1. The molecule has 1 heterocycles. The highest BCUT2D eigenvalue weighted by atomic mass is 79.9. The van der Waals surface area contributed by atoms with Crippen LogP contribution in [0.3, 0.4) is 0 Å². The van der Waals surface area contributed by atoms with Gasteiger partial charge in [0.05, 0.1) is 0 Å². The molecule has 0 saturated carbocycles. The van der Waals surface area contributed by atoms with E-state index in [1.54, 1.807) is 0 Å². The van der Waals surface area contributed by atoms with Crippen LogP contribution in [0.1, 0.15) is 22.3 Å². The zero-order chi connectivity index (χ0) is 11.9. The summed E-state index contributed by atoms with van der Waals surface area (Å²) in [6.45, 7) is 4.74. The van der Waals surface area contributed by atoms with E-state index < -0.39 is 12.0 Å². The summed E-state index contributed by atoms with van der Waals surface area (Å²) in [5.74, 6) is -0.775. The number of aliphatic carboxylic acids is 1. The van der Waals surface area contributed by atoms with Gasteiger partial charge in [0, 0.05) is 11.0 Å². The molecule has 86 valence electrons. The summed E-state index contributed by atoms with van der Waals surface area (Å²) in [4.78, 5) is 11.0. The van der Waals surface area contributed by atoms with E-state index in [1.807, 2.05) is 6.92 Å². The van der Waals surface area contributed by atoms with Crippen molar-refractivity contribution in [1.29, 1.82) is 0 Å². The molecule has 4 heteroatoms.